The van der Waals surface area contributed by atoms with Crippen LogP contribution in [-0.2, 0) is 11.2 Å². The number of hydrogen-bond acceptors (Lipinski definition) is 4. The van der Waals surface area contributed by atoms with Gasteiger partial charge in [-0.1, -0.05) is 12.1 Å². The van der Waals surface area contributed by atoms with E-state index < -0.39 is 5.82 Å². The number of thiophene rings is 1. The first-order valence-electron chi connectivity index (χ1n) is 9.01. The Bertz CT molecular complexity index is 800. The highest BCUT2D eigenvalue weighted by Gasteiger charge is 2.12. The van der Waals surface area contributed by atoms with Crippen LogP contribution >= 0.6 is 35.3 Å². The van der Waals surface area contributed by atoms with Crippen LogP contribution in [0.15, 0.2) is 40.7 Å². The number of carbonyl (C=O) groups is 1. The number of likely N-dealkylation sites (N-methyl/N-ethyl adjacent to an activating group) is 1. The van der Waals surface area contributed by atoms with Crippen molar-refractivity contribution in [2.75, 3.05) is 34.3 Å². The quantitative estimate of drug-likeness (QED) is 0.310. The summed E-state index contributed by atoms with van der Waals surface area (Å²) in [5.74, 6) is 0.203. The van der Waals surface area contributed by atoms with E-state index >= 15 is 0 Å². The summed E-state index contributed by atoms with van der Waals surface area (Å²) in [5, 5.41) is 8.52. The van der Waals surface area contributed by atoms with E-state index in [1.54, 1.807) is 37.6 Å². The predicted octanol–water partition coefficient (Wildman–Crippen LogP) is 3.44. The highest BCUT2D eigenvalue weighted by atomic mass is 127. The number of halogens is 2. The summed E-state index contributed by atoms with van der Waals surface area (Å²) in [4.78, 5) is 19.0. The second-order valence-corrected chi connectivity index (χ2v) is 7.50. The van der Waals surface area contributed by atoms with E-state index in [4.69, 9.17) is 4.74 Å². The first-order chi connectivity index (χ1) is 13.4. The van der Waals surface area contributed by atoms with Gasteiger partial charge in [-0.15, -0.1) is 35.3 Å². The molecule has 0 saturated carbocycles. The Kier molecular flexibility index (Phi) is 11.0. The third kappa shape index (κ3) is 8.17. The van der Waals surface area contributed by atoms with Crippen LogP contribution in [0.5, 0.6) is 5.75 Å². The minimum absolute atomic E-state index is 0. The number of rotatable bonds is 8. The summed E-state index contributed by atoms with van der Waals surface area (Å²) in [5.41, 5.74) is 0.755. The number of nitrogens with zero attached hydrogens (tertiary/aromatic N) is 2. The first kappa shape index (κ1) is 25.2. The molecule has 0 saturated heterocycles. The lowest BCUT2D eigenvalue weighted by atomic mass is 10.1. The lowest BCUT2D eigenvalue weighted by molar-refractivity contribution is -0.127. The Morgan fingerprint density at radius 2 is 2.10 bits per heavy atom. The van der Waals surface area contributed by atoms with Gasteiger partial charge in [0.2, 0.25) is 5.91 Å². The Hall–Kier alpha value is -1.88. The van der Waals surface area contributed by atoms with Gasteiger partial charge in [-0.3, -0.25) is 4.79 Å². The van der Waals surface area contributed by atoms with Gasteiger partial charge in [0, 0.05) is 25.5 Å². The molecule has 1 aromatic carbocycles. The fourth-order valence-corrected chi connectivity index (χ4v) is 3.15. The second-order valence-electron chi connectivity index (χ2n) is 6.47. The van der Waals surface area contributed by atoms with E-state index in [1.807, 2.05) is 18.4 Å². The highest BCUT2D eigenvalue weighted by Crippen LogP contribution is 2.21. The average molecular weight is 534 g/mol. The molecule has 0 aliphatic rings. The van der Waals surface area contributed by atoms with Gasteiger partial charge in [-0.25, -0.2) is 9.38 Å². The SMILES string of the molecule is COc1ccc(C(C)NC(=NCC(=O)N(C)C)NCCc2cccs2)cc1F.I. The topological polar surface area (TPSA) is 66.0 Å². The van der Waals surface area contributed by atoms with Crippen LogP contribution in [0, 0.1) is 5.82 Å². The van der Waals surface area contributed by atoms with E-state index in [0.29, 0.717) is 12.5 Å². The molecule has 29 heavy (non-hydrogen) atoms. The molecule has 0 aliphatic carbocycles. The molecule has 1 unspecified atom stereocenters. The third-order valence-electron chi connectivity index (χ3n) is 4.14. The fourth-order valence-electron chi connectivity index (χ4n) is 2.44. The van der Waals surface area contributed by atoms with Gasteiger partial charge < -0.3 is 20.3 Å². The normalized spacial score (nSPS) is 12.0. The number of hydrogen-bond donors (Lipinski definition) is 2. The maximum atomic E-state index is 14.0. The molecule has 6 nitrogen and oxygen atoms in total. The molecule has 1 aromatic heterocycles. The number of nitrogens with one attached hydrogen (secondary N) is 2. The van der Waals surface area contributed by atoms with Crippen molar-refractivity contribution in [3.8, 4) is 5.75 Å². The lowest BCUT2D eigenvalue weighted by Gasteiger charge is -2.19. The Morgan fingerprint density at radius 1 is 1.34 bits per heavy atom. The van der Waals surface area contributed by atoms with Crippen molar-refractivity contribution in [2.24, 2.45) is 4.99 Å². The van der Waals surface area contributed by atoms with Crippen molar-refractivity contribution >= 4 is 47.2 Å². The first-order valence-corrected chi connectivity index (χ1v) is 9.89. The standard InChI is InChI=1S/C20H27FN4O2S.HI/c1-14(15-7-8-18(27-4)17(21)12-15)24-20(23-13-19(26)25(2)3)22-10-9-16-6-5-11-28-16;/h5-8,11-12,14H,9-10,13H2,1-4H3,(H2,22,23,24);1H. The third-order valence-corrected chi connectivity index (χ3v) is 5.08. The molecule has 2 N–H and O–H groups in total. The molecule has 0 bridgehead atoms. The van der Waals surface area contributed by atoms with Crippen LogP contribution in [0.4, 0.5) is 4.39 Å². The number of amides is 1. The van der Waals surface area contributed by atoms with Gasteiger partial charge in [0.05, 0.1) is 13.2 Å². The summed E-state index contributed by atoms with van der Waals surface area (Å²) < 4.78 is 19.0. The van der Waals surface area contributed by atoms with Gasteiger partial charge in [-0.05, 0) is 42.5 Å². The summed E-state index contributed by atoms with van der Waals surface area (Å²) in [7, 11) is 4.82. The molecular weight excluding hydrogens is 506 g/mol. The van der Waals surface area contributed by atoms with E-state index in [1.165, 1.54) is 23.0 Å². The summed E-state index contributed by atoms with van der Waals surface area (Å²) in [6, 6.07) is 8.72. The van der Waals surface area contributed by atoms with Gasteiger partial charge in [-0.2, -0.15) is 0 Å². The smallest absolute Gasteiger partial charge is 0.243 e. The van der Waals surface area contributed by atoms with Crippen molar-refractivity contribution in [1.82, 2.24) is 15.5 Å². The highest BCUT2D eigenvalue weighted by molar-refractivity contribution is 14.0. The van der Waals surface area contributed by atoms with E-state index in [0.717, 1.165) is 12.0 Å². The fraction of sp³-hybridized carbons (Fsp3) is 0.400. The van der Waals surface area contributed by atoms with Crippen LogP contribution in [0.3, 0.4) is 0 Å². The van der Waals surface area contributed by atoms with Crippen molar-refractivity contribution in [2.45, 2.75) is 19.4 Å². The molecule has 9 heteroatoms. The Labute approximate surface area is 192 Å². The molecule has 0 aliphatic heterocycles. The van der Waals surface area contributed by atoms with Crippen molar-refractivity contribution < 1.29 is 13.9 Å². The summed E-state index contributed by atoms with van der Waals surface area (Å²) in [6.07, 6.45) is 0.853. The summed E-state index contributed by atoms with van der Waals surface area (Å²) in [6.45, 7) is 2.61. The van der Waals surface area contributed by atoms with Crippen LogP contribution in [0.1, 0.15) is 23.4 Å². The minimum atomic E-state index is -0.416. The Morgan fingerprint density at radius 3 is 2.69 bits per heavy atom. The predicted molar refractivity (Wildman–Crippen MR) is 127 cm³/mol. The number of guanidine groups is 1. The number of ether oxygens (including phenoxy) is 1. The van der Waals surface area contributed by atoms with Gasteiger partial charge in [0.25, 0.3) is 0 Å². The van der Waals surface area contributed by atoms with E-state index in [-0.39, 0.29) is 48.2 Å². The Balaban J connectivity index is 0.00000420. The molecule has 160 valence electrons. The number of benzene rings is 1. The van der Waals surface area contributed by atoms with Crippen LogP contribution in [0.25, 0.3) is 0 Å². The van der Waals surface area contributed by atoms with E-state index in [9.17, 15) is 9.18 Å². The molecule has 1 atom stereocenters. The van der Waals surface area contributed by atoms with Gasteiger partial charge in [0.15, 0.2) is 17.5 Å². The maximum absolute atomic E-state index is 14.0. The molecule has 0 spiro atoms. The van der Waals surface area contributed by atoms with Crippen LogP contribution in [-0.4, -0.2) is 51.1 Å². The van der Waals surface area contributed by atoms with Crippen molar-refractivity contribution in [3.05, 3.63) is 52.0 Å². The number of carbonyl (C=O) groups excluding carboxylic acids is 1. The van der Waals surface area contributed by atoms with Crippen LogP contribution < -0.4 is 15.4 Å². The molecule has 1 heterocycles. The average Bonchev–Trinajstić information content (AvgIpc) is 3.18. The zero-order chi connectivity index (χ0) is 20.5. The van der Waals surface area contributed by atoms with Gasteiger partial charge >= 0.3 is 0 Å². The molecule has 1 amide bonds. The number of methoxy groups -OCH3 is 1. The summed E-state index contributed by atoms with van der Waals surface area (Å²) >= 11 is 1.70. The number of aliphatic imine (C=N–C) groups is 1. The zero-order valence-corrected chi connectivity index (χ0v) is 20.2. The molecular formula is C20H28FIN4O2S. The maximum Gasteiger partial charge on any atom is 0.243 e. The molecule has 2 rings (SSSR count). The lowest BCUT2D eigenvalue weighted by Crippen LogP contribution is -2.40. The van der Waals surface area contributed by atoms with Gasteiger partial charge in [0.1, 0.15) is 6.54 Å². The minimum Gasteiger partial charge on any atom is -0.494 e. The van der Waals surface area contributed by atoms with Crippen molar-refractivity contribution in [1.29, 1.82) is 0 Å². The molecule has 0 fully saturated rings. The van der Waals surface area contributed by atoms with Crippen molar-refractivity contribution in [3.63, 3.8) is 0 Å². The zero-order valence-electron chi connectivity index (χ0n) is 17.1. The molecule has 0 radical (unpaired) electrons. The van der Waals surface area contributed by atoms with Crippen LogP contribution in [0.2, 0.25) is 0 Å². The largest absolute Gasteiger partial charge is 0.494 e. The second kappa shape index (κ2) is 12.6. The van der Waals surface area contributed by atoms with E-state index in [2.05, 4.69) is 21.7 Å². The molecule has 2 aromatic rings. The monoisotopic (exact) mass is 534 g/mol.